The molecular weight excluding hydrogens is 140 g/mol. The standard InChI is InChI=1S/C6H7ClO2/c1-2-5(8)3-4-6(7)9/h3-4H,2H2,1H3/b4-3+. The van der Waals surface area contributed by atoms with E-state index < -0.39 is 5.24 Å². The summed E-state index contributed by atoms with van der Waals surface area (Å²) in [5, 5.41) is -0.614. The van der Waals surface area contributed by atoms with E-state index >= 15 is 0 Å². The molecule has 0 saturated carbocycles. The smallest absolute Gasteiger partial charge is 0.245 e. The SMILES string of the molecule is CCC(=O)/C=C/C(=O)Cl. The van der Waals surface area contributed by atoms with Gasteiger partial charge < -0.3 is 0 Å². The van der Waals surface area contributed by atoms with Gasteiger partial charge in [-0.15, -0.1) is 0 Å². The van der Waals surface area contributed by atoms with E-state index in [4.69, 9.17) is 11.6 Å². The van der Waals surface area contributed by atoms with Crippen LogP contribution in [0.5, 0.6) is 0 Å². The van der Waals surface area contributed by atoms with Crippen LogP contribution in [0.3, 0.4) is 0 Å². The van der Waals surface area contributed by atoms with E-state index in [0.29, 0.717) is 6.42 Å². The minimum Gasteiger partial charge on any atom is -0.295 e. The Labute approximate surface area is 58.5 Å². The molecule has 9 heavy (non-hydrogen) atoms. The van der Waals surface area contributed by atoms with Gasteiger partial charge in [0.25, 0.3) is 0 Å². The molecule has 0 unspecified atom stereocenters. The number of ketones is 1. The molecule has 0 fully saturated rings. The highest BCUT2D eigenvalue weighted by molar-refractivity contribution is 6.66. The highest BCUT2D eigenvalue weighted by Gasteiger charge is 1.90. The minimum absolute atomic E-state index is 0.0935. The minimum atomic E-state index is -0.614. The summed E-state index contributed by atoms with van der Waals surface area (Å²) in [5.41, 5.74) is 0. The fourth-order valence-corrected chi connectivity index (χ4v) is 0.339. The van der Waals surface area contributed by atoms with Crippen LogP contribution in [0.4, 0.5) is 0 Å². The van der Waals surface area contributed by atoms with Crippen LogP contribution in [0.15, 0.2) is 12.2 Å². The summed E-state index contributed by atoms with van der Waals surface area (Å²) in [6.07, 6.45) is 2.63. The van der Waals surface area contributed by atoms with E-state index in [9.17, 15) is 9.59 Å². The Morgan fingerprint density at radius 2 is 2.00 bits per heavy atom. The zero-order chi connectivity index (χ0) is 7.28. The third kappa shape index (κ3) is 5.24. The van der Waals surface area contributed by atoms with Gasteiger partial charge in [0, 0.05) is 12.5 Å². The second kappa shape index (κ2) is 4.27. The Morgan fingerprint density at radius 3 is 2.33 bits per heavy atom. The van der Waals surface area contributed by atoms with Gasteiger partial charge in [-0.2, -0.15) is 0 Å². The Morgan fingerprint density at radius 1 is 1.44 bits per heavy atom. The molecule has 3 heteroatoms. The average molecular weight is 147 g/mol. The molecule has 0 aromatic carbocycles. The number of halogens is 1. The van der Waals surface area contributed by atoms with Gasteiger partial charge in [-0.05, 0) is 17.7 Å². The van der Waals surface area contributed by atoms with Crippen LogP contribution in [0.25, 0.3) is 0 Å². The molecule has 0 heterocycles. The topological polar surface area (TPSA) is 34.1 Å². The second-order valence-corrected chi connectivity index (χ2v) is 1.83. The maximum atomic E-state index is 10.4. The van der Waals surface area contributed by atoms with Gasteiger partial charge in [-0.3, -0.25) is 9.59 Å². The fourth-order valence-electron chi connectivity index (χ4n) is 0.276. The number of allylic oxidation sites excluding steroid dienone is 2. The summed E-state index contributed by atoms with van der Waals surface area (Å²) in [5.74, 6) is -0.0935. The Hall–Kier alpha value is -0.630. The van der Waals surface area contributed by atoms with Gasteiger partial charge in [-0.1, -0.05) is 6.92 Å². The molecule has 0 aromatic rings. The lowest BCUT2D eigenvalue weighted by molar-refractivity contribution is -0.114. The quantitative estimate of drug-likeness (QED) is 0.444. The van der Waals surface area contributed by atoms with E-state index in [1.54, 1.807) is 6.92 Å². The molecule has 0 aliphatic rings. The van der Waals surface area contributed by atoms with Crippen molar-refractivity contribution in [2.75, 3.05) is 0 Å². The van der Waals surface area contributed by atoms with Crippen molar-refractivity contribution >= 4 is 22.6 Å². The second-order valence-electron chi connectivity index (χ2n) is 1.46. The van der Waals surface area contributed by atoms with Gasteiger partial charge in [-0.25, -0.2) is 0 Å². The third-order valence-corrected chi connectivity index (χ3v) is 0.875. The first-order chi connectivity index (χ1) is 4.16. The summed E-state index contributed by atoms with van der Waals surface area (Å²) in [6, 6.07) is 0. The highest BCUT2D eigenvalue weighted by Crippen LogP contribution is 1.86. The number of carbonyl (C=O) groups excluding carboxylic acids is 2. The number of rotatable bonds is 3. The largest absolute Gasteiger partial charge is 0.295 e. The number of hydrogen-bond donors (Lipinski definition) is 0. The molecule has 0 saturated heterocycles. The van der Waals surface area contributed by atoms with E-state index in [1.807, 2.05) is 0 Å². The van der Waals surface area contributed by atoms with Crippen LogP contribution in [-0.2, 0) is 9.59 Å². The predicted octanol–water partition coefficient (Wildman–Crippen LogP) is 1.29. The molecule has 0 amide bonds. The molecule has 0 atom stereocenters. The molecule has 0 radical (unpaired) electrons. The summed E-state index contributed by atoms with van der Waals surface area (Å²) in [4.78, 5) is 20.4. The first-order valence-corrected chi connectivity index (χ1v) is 2.95. The molecule has 2 nitrogen and oxygen atoms in total. The van der Waals surface area contributed by atoms with Gasteiger partial charge in [0.2, 0.25) is 5.24 Å². The zero-order valence-corrected chi connectivity index (χ0v) is 5.81. The van der Waals surface area contributed by atoms with Gasteiger partial charge in [0.1, 0.15) is 0 Å². The van der Waals surface area contributed by atoms with E-state index in [-0.39, 0.29) is 5.78 Å². The van der Waals surface area contributed by atoms with Gasteiger partial charge >= 0.3 is 0 Å². The lowest BCUT2D eigenvalue weighted by Gasteiger charge is -1.80. The van der Waals surface area contributed by atoms with Crippen LogP contribution in [0, 0.1) is 0 Å². The van der Waals surface area contributed by atoms with Crippen molar-refractivity contribution in [2.45, 2.75) is 13.3 Å². The van der Waals surface area contributed by atoms with Crippen LogP contribution >= 0.6 is 11.6 Å². The zero-order valence-electron chi connectivity index (χ0n) is 5.06. The van der Waals surface area contributed by atoms with Crippen LogP contribution in [-0.4, -0.2) is 11.0 Å². The third-order valence-electron chi connectivity index (χ3n) is 0.749. The maximum Gasteiger partial charge on any atom is 0.245 e. The van der Waals surface area contributed by atoms with Crippen molar-refractivity contribution in [3.63, 3.8) is 0 Å². The monoisotopic (exact) mass is 146 g/mol. The summed E-state index contributed by atoms with van der Waals surface area (Å²) < 4.78 is 0. The molecule has 0 bridgehead atoms. The Balaban J connectivity index is 3.71. The lowest BCUT2D eigenvalue weighted by Crippen LogP contribution is -1.88. The number of hydrogen-bond acceptors (Lipinski definition) is 2. The normalized spacial score (nSPS) is 10.0. The summed E-state index contributed by atoms with van der Waals surface area (Å²) in [7, 11) is 0. The molecule has 50 valence electrons. The van der Waals surface area contributed by atoms with E-state index in [1.165, 1.54) is 6.08 Å². The van der Waals surface area contributed by atoms with Crippen molar-refractivity contribution in [2.24, 2.45) is 0 Å². The molecule has 0 rings (SSSR count). The first-order valence-electron chi connectivity index (χ1n) is 2.57. The van der Waals surface area contributed by atoms with E-state index in [2.05, 4.69) is 0 Å². The van der Waals surface area contributed by atoms with Crippen LogP contribution < -0.4 is 0 Å². The fraction of sp³-hybridized carbons (Fsp3) is 0.333. The maximum absolute atomic E-state index is 10.4. The first kappa shape index (κ1) is 8.37. The molecule has 0 aromatic heterocycles. The molecule has 0 aliphatic heterocycles. The summed E-state index contributed by atoms with van der Waals surface area (Å²) >= 11 is 4.90. The Kier molecular flexibility index (Phi) is 3.97. The predicted molar refractivity (Wildman–Crippen MR) is 35.3 cm³/mol. The van der Waals surface area contributed by atoms with E-state index in [0.717, 1.165) is 6.08 Å². The summed E-state index contributed by atoms with van der Waals surface area (Å²) in [6.45, 7) is 1.71. The van der Waals surface area contributed by atoms with Crippen molar-refractivity contribution in [1.29, 1.82) is 0 Å². The molecule has 0 N–H and O–H groups in total. The van der Waals surface area contributed by atoms with Crippen molar-refractivity contribution in [1.82, 2.24) is 0 Å². The van der Waals surface area contributed by atoms with Crippen LogP contribution in [0.1, 0.15) is 13.3 Å². The molecule has 0 aliphatic carbocycles. The average Bonchev–Trinajstić information content (AvgIpc) is 1.83. The van der Waals surface area contributed by atoms with Crippen LogP contribution in [0.2, 0.25) is 0 Å². The Bertz CT molecular complexity index is 149. The van der Waals surface area contributed by atoms with Crippen molar-refractivity contribution < 1.29 is 9.59 Å². The molecule has 0 spiro atoms. The number of carbonyl (C=O) groups is 2. The van der Waals surface area contributed by atoms with Gasteiger partial charge in [0.05, 0.1) is 0 Å². The van der Waals surface area contributed by atoms with Gasteiger partial charge in [0.15, 0.2) is 5.78 Å². The molecular formula is C6H7ClO2. The van der Waals surface area contributed by atoms with Crippen molar-refractivity contribution in [3.05, 3.63) is 12.2 Å². The lowest BCUT2D eigenvalue weighted by atomic mass is 10.3. The van der Waals surface area contributed by atoms with Crippen molar-refractivity contribution in [3.8, 4) is 0 Å². The highest BCUT2D eigenvalue weighted by atomic mass is 35.5.